The van der Waals surface area contributed by atoms with E-state index in [0.29, 0.717) is 19.3 Å². The van der Waals surface area contributed by atoms with Gasteiger partial charge in [0, 0.05) is 0 Å². The predicted octanol–water partition coefficient (Wildman–Crippen LogP) is 12.5. The Labute approximate surface area is 422 Å². The van der Waals surface area contributed by atoms with Gasteiger partial charge >= 0.3 is 0 Å². The Hall–Kier alpha value is -1.63. The number of carbonyl (C=O) groups excluding carboxylic acids is 1. The van der Waals surface area contributed by atoms with Crippen molar-refractivity contribution in [1.29, 1.82) is 0 Å². The third kappa shape index (κ3) is 28.4. The van der Waals surface area contributed by atoms with Crippen LogP contribution in [0.1, 0.15) is 240 Å². The van der Waals surface area contributed by atoms with Gasteiger partial charge in [-0.25, -0.2) is 0 Å². The lowest BCUT2D eigenvalue weighted by Crippen LogP contribution is -2.61. The minimum atomic E-state index is -1.40. The molecule has 1 saturated heterocycles. The molecule has 0 spiro atoms. The maximum absolute atomic E-state index is 13.4. The van der Waals surface area contributed by atoms with Gasteiger partial charge in [-0.15, -0.1) is 0 Å². The highest BCUT2D eigenvalue weighted by atomic mass is 16.7. The number of ether oxygens (including phenoxy) is 3. The molecule has 3 fully saturated rings. The third-order valence-electron chi connectivity index (χ3n) is 15.3. The fraction of sp³-hybridized carbons (Fsp3) is 0.881. The van der Waals surface area contributed by atoms with Crippen LogP contribution in [0.15, 0.2) is 36.0 Å². The lowest BCUT2D eigenvalue weighted by atomic mass is 9.99. The molecule has 10 heteroatoms. The highest BCUT2D eigenvalue weighted by molar-refractivity contribution is 5.80. The summed E-state index contributed by atoms with van der Waals surface area (Å²) in [5.74, 6) is 3.24. The van der Waals surface area contributed by atoms with E-state index >= 15 is 0 Å². The second-order valence-electron chi connectivity index (χ2n) is 21.9. The molecule has 10 nitrogen and oxygen atoms in total. The van der Waals surface area contributed by atoms with Gasteiger partial charge in [0.25, 0.3) is 0 Å². The van der Waals surface area contributed by atoms with E-state index < -0.39 is 61.5 Å². The normalized spacial score (nSPS) is 25.8. The summed E-state index contributed by atoms with van der Waals surface area (Å²) in [7, 11) is 0. The van der Waals surface area contributed by atoms with Crippen molar-refractivity contribution >= 4 is 5.91 Å². The second kappa shape index (κ2) is 38.9. The molecule has 3 rings (SSSR count). The van der Waals surface area contributed by atoms with Crippen LogP contribution in [0.3, 0.4) is 0 Å². The van der Waals surface area contributed by atoms with Crippen molar-refractivity contribution in [2.45, 2.75) is 289 Å². The summed E-state index contributed by atoms with van der Waals surface area (Å²) in [5, 5.41) is 56.6. The Bertz CT molecular complexity index is 1350. The molecule has 0 aromatic heterocycles. The molecule has 0 aromatic carbocycles. The van der Waals surface area contributed by atoms with Gasteiger partial charge < -0.3 is 45.1 Å². The quantitative estimate of drug-likeness (QED) is 0.0258. The zero-order valence-electron chi connectivity index (χ0n) is 44.6. The Balaban J connectivity index is 1.37. The average Bonchev–Trinajstić information content (AvgIpc) is 4.28. The van der Waals surface area contributed by atoms with Gasteiger partial charge in [-0.3, -0.25) is 4.79 Å². The SMILES string of the molecule is CCCCCCCCCCC1CC1CCCC/C=C\CCC[C@@H](O)[C@H](COC1OC(CO)C(O)C(O)C1OCC=C(C)C)NC(=O)[C@H](O)CC/C=C\CCCCC1CC1CCCCCCCCCC. The van der Waals surface area contributed by atoms with E-state index in [-0.39, 0.29) is 19.6 Å². The zero-order valence-corrected chi connectivity index (χ0v) is 44.6. The van der Waals surface area contributed by atoms with E-state index in [1.54, 1.807) is 0 Å². The highest BCUT2D eigenvalue weighted by Crippen LogP contribution is 2.46. The average molecular weight is 975 g/mol. The molecule has 0 bridgehead atoms. The minimum absolute atomic E-state index is 0.140. The van der Waals surface area contributed by atoms with Crippen LogP contribution in [-0.4, -0.2) is 100 Å². The molecule has 1 aliphatic heterocycles. The number of carbonyl (C=O) groups is 1. The Morgan fingerprint density at radius 3 is 1.57 bits per heavy atom. The van der Waals surface area contributed by atoms with Crippen LogP contribution in [0, 0.1) is 23.7 Å². The summed E-state index contributed by atoms with van der Waals surface area (Å²) >= 11 is 0. The fourth-order valence-corrected chi connectivity index (χ4v) is 10.4. The number of hydrogen-bond acceptors (Lipinski definition) is 9. The molecular weight excluding hydrogens is 867 g/mol. The fourth-order valence-electron chi connectivity index (χ4n) is 10.4. The number of aliphatic hydroxyl groups excluding tert-OH is 5. The largest absolute Gasteiger partial charge is 0.394 e. The number of unbranched alkanes of at least 4 members (excludes halogenated alkanes) is 19. The highest BCUT2D eigenvalue weighted by Gasteiger charge is 2.46. The van der Waals surface area contributed by atoms with Gasteiger partial charge in [0.1, 0.15) is 30.5 Å². The summed E-state index contributed by atoms with van der Waals surface area (Å²) in [6, 6.07) is -0.890. The van der Waals surface area contributed by atoms with Crippen LogP contribution >= 0.6 is 0 Å². The molecule has 2 saturated carbocycles. The van der Waals surface area contributed by atoms with Crippen molar-refractivity contribution in [1.82, 2.24) is 5.32 Å². The summed E-state index contributed by atoms with van der Waals surface area (Å²) in [6.07, 6.45) is 42.4. The van der Waals surface area contributed by atoms with Crippen molar-refractivity contribution in [2.24, 2.45) is 23.7 Å². The van der Waals surface area contributed by atoms with Crippen LogP contribution in [0.2, 0.25) is 0 Å². The van der Waals surface area contributed by atoms with Gasteiger partial charge in [0.05, 0.1) is 32.0 Å². The lowest BCUT2D eigenvalue weighted by molar-refractivity contribution is -0.310. The maximum Gasteiger partial charge on any atom is 0.249 e. The number of allylic oxidation sites excluding steroid dienone is 5. The van der Waals surface area contributed by atoms with Gasteiger partial charge in [-0.05, 0) is 108 Å². The first-order valence-electron chi connectivity index (χ1n) is 29.0. The van der Waals surface area contributed by atoms with Crippen molar-refractivity contribution in [3.8, 4) is 0 Å². The second-order valence-corrected chi connectivity index (χ2v) is 21.9. The maximum atomic E-state index is 13.4. The molecule has 1 amide bonds. The first-order chi connectivity index (χ1) is 33.6. The first-order valence-corrected chi connectivity index (χ1v) is 29.0. The van der Waals surface area contributed by atoms with Crippen molar-refractivity contribution in [2.75, 3.05) is 19.8 Å². The summed E-state index contributed by atoms with van der Waals surface area (Å²) < 4.78 is 17.8. The molecule has 69 heavy (non-hydrogen) atoms. The molecular formula is C59H107NO9. The molecule has 402 valence electrons. The van der Waals surface area contributed by atoms with E-state index in [2.05, 4.69) is 43.5 Å². The summed E-state index contributed by atoms with van der Waals surface area (Å²) in [4.78, 5) is 13.4. The molecule has 12 atom stereocenters. The Kier molecular flexibility index (Phi) is 34.8. The van der Waals surface area contributed by atoms with Crippen molar-refractivity contribution in [3.63, 3.8) is 0 Å². The monoisotopic (exact) mass is 974 g/mol. The molecule has 3 aliphatic rings. The summed E-state index contributed by atoms with van der Waals surface area (Å²) in [5.41, 5.74) is 1.01. The van der Waals surface area contributed by atoms with Gasteiger partial charge in [0.2, 0.25) is 5.91 Å². The third-order valence-corrected chi connectivity index (χ3v) is 15.3. The number of aliphatic hydroxyl groups is 5. The predicted molar refractivity (Wildman–Crippen MR) is 283 cm³/mol. The Morgan fingerprint density at radius 2 is 1.07 bits per heavy atom. The molecule has 6 N–H and O–H groups in total. The van der Waals surface area contributed by atoms with Crippen molar-refractivity contribution < 1.29 is 44.5 Å². The smallest absolute Gasteiger partial charge is 0.249 e. The molecule has 0 aromatic rings. The minimum Gasteiger partial charge on any atom is -0.394 e. The van der Waals surface area contributed by atoms with Crippen LogP contribution in [-0.2, 0) is 19.0 Å². The number of amides is 1. The van der Waals surface area contributed by atoms with E-state index in [9.17, 15) is 30.3 Å². The van der Waals surface area contributed by atoms with E-state index in [4.69, 9.17) is 14.2 Å². The first kappa shape index (κ1) is 61.7. The molecule has 2 aliphatic carbocycles. The van der Waals surface area contributed by atoms with Crippen LogP contribution in [0.25, 0.3) is 0 Å². The Morgan fingerprint density at radius 1 is 0.609 bits per heavy atom. The molecule has 1 heterocycles. The van der Waals surface area contributed by atoms with E-state index in [1.807, 2.05) is 19.9 Å². The van der Waals surface area contributed by atoms with E-state index in [1.165, 1.54) is 161 Å². The number of hydrogen-bond donors (Lipinski definition) is 6. The summed E-state index contributed by atoms with van der Waals surface area (Å²) in [6.45, 7) is 7.79. The molecule has 0 radical (unpaired) electrons. The zero-order chi connectivity index (χ0) is 49.9. The topological polar surface area (TPSA) is 158 Å². The van der Waals surface area contributed by atoms with Crippen LogP contribution < -0.4 is 5.32 Å². The van der Waals surface area contributed by atoms with Gasteiger partial charge in [0.15, 0.2) is 6.29 Å². The molecule has 9 unspecified atom stereocenters. The standard InChI is InChI=1S/C59H107NO9/c1-5-7-9-11-13-16-22-28-34-47-42-49(47)36-30-24-18-15-19-26-32-38-52(62)51(45-68-59-57(67-41-40-46(3)4)56(65)55(64)54(44-61)69-59)60-58(66)53(63)39-33-27-21-20-25-31-37-50-43-48(50)35-29-23-17-14-12-10-8-6-2/h15,19,21,27,40,47-57,59,61-65H,5-14,16-18,20,22-26,28-39,41-45H2,1-4H3,(H,60,66)/b19-15-,27-21-/t47?,48?,49?,50?,51-,52+,53+,54?,55?,56?,57?,59?/m0/s1. The van der Waals surface area contributed by atoms with Crippen LogP contribution in [0.5, 0.6) is 0 Å². The number of nitrogens with one attached hydrogen (secondary N) is 1. The lowest BCUT2D eigenvalue weighted by Gasteiger charge is -2.42. The van der Waals surface area contributed by atoms with Gasteiger partial charge in [-0.1, -0.05) is 191 Å². The van der Waals surface area contributed by atoms with Crippen molar-refractivity contribution in [3.05, 3.63) is 36.0 Å². The van der Waals surface area contributed by atoms with Gasteiger partial charge in [-0.2, -0.15) is 0 Å². The van der Waals surface area contributed by atoms with Crippen LogP contribution in [0.4, 0.5) is 0 Å². The van der Waals surface area contributed by atoms with E-state index in [0.717, 1.165) is 54.9 Å². The number of rotatable bonds is 45.